The first-order valence-electron chi connectivity index (χ1n) is 4.51. The van der Waals surface area contributed by atoms with Gasteiger partial charge < -0.3 is 0 Å². The average Bonchev–Trinajstić information content (AvgIpc) is 2.17. The third-order valence-electron chi connectivity index (χ3n) is 1.92. The summed E-state index contributed by atoms with van der Waals surface area (Å²) in [5.74, 6) is 0. The minimum Gasteiger partial charge on any atom is -0.0654 e. The number of unbranched alkanes of at least 4 members (excludes halogenated alkanes) is 1. The van der Waals surface area contributed by atoms with Gasteiger partial charge in [0.05, 0.1) is 0 Å². The molecule has 0 saturated heterocycles. The lowest BCUT2D eigenvalue weighted by molar-refractivity contribution is 0.795. The molecule has 1 aromatic carbocycles. The largest absolute Gasteiger partial charge is 0.0654 e. The summed E-state index contributed by atoms with van der Waals surface area (Å²) >= 11 is 0. The fourth-order valence-corrected chi connectivity index (χ4v) is 1.16. The van der Waals surface area contributed by atoms with Crippen molar-refractivity contribution >= 4 is 5.69 Å². The van der Waals surface area contributed by atoms with Crippen LogP contribution in [0.4, 0.5) is 5.69 Å². The van der Waals surface area contributed by atoms with E-state index in [1.807, 2.05) is 24.3 Å². The van der Waals surface area contributed by atoms with Gasteiger partial charge in [0.2, 0.25) is 0 Å². The molecular weight excluding hydrogens is 162 g/mol. The molecule has 0 spiro atoms. The zero-order chi connectivity index (χ0) is 9.52. The van der Waals surface area contributed by atoms with Crippen molar-refractivity contribution in [1.82, 2.24) is 0 Å². The molecule has 0 bridgehead atoms. The van der Waals surface area contributed by atoms with E-state index in [0.717, 1.165) is 6.42 Å². The summed E-state index contributed by atoms with van der Waals surface area (Å²) in [5.41, 5.74) is 10.2. The molecule has 1 aromatic rings. The van der Waals surface area contributed by atoms with Gasteiger partial charge in [0.15, 0.2) is 0 Å². The van der Waals surface area contributed by atoms with Crippen LogP contribution in [-0.2, 0) is 6.42 Å². The smallest absolute Gasteiger partial charge is 0.0375 e. The molecule has 0 aliphatic rings. The van der Waals surface area contributed by atoms with E-state index in [1.165, 1.54) is 18.4 Å². The molecule has 0 aliphatic carbocycles. The molecule has 13 heavy (non-hydrogen) atoms. The summed E-state index contributed by atoms with van der Waals surface area (Å²) in [7, 11) is 0. The van der Waals surface area contributed by atoms with Crippen molar-refractivity contribution in [2.75, 3.05) is 0 Å². The SMILES string of the molecule is CCCCc1ccc(N=[N+]=[N-])cc1. The monoisotopic (exact) mass is 175 g/mol. The number of hydrogen-bond donors (Lipinski definition) is 0. The lowest BCUT2D eigenvalue weighted by Gasteiger charge is -1.98. The predicted octanol–water partition coefficient (Wildman–Crippen LogP) is 3.97. The molecule has 0 aromatic heterocycles. The summed E-state index contributed by atoms with van der Waals surface area (Å²) < 4.78 is 0. The summed E-state index contributed by atoms with van der Waals surface area (Å²) in [4.78, 5) is 2.72. The van der Waals surface area contributed by atoms with Gasteiger partial charge in [-0.05, 0) is 23.9 Å². The van der Waals surface area contributed by atoms with Gasteiger partial charge in [0.25, 0.3) is 0 Å². The Balaban J connectivity index is 2.63. The van der Waals surface area contributed by atoms with Crippen molar-refractivity contribution in [2.45, 2.75) is 26.2 Å². The lowest BCUT2D eigenvalue weighted by Crippen LogP contribution is -1.82. The molecule has 68 valence electrons. The molecule has 0 atom stereocenters. The highest BCUT2D eigenvalue weighted by Crippen LogP contribution is 2.14. The van der Waals surface area contributed by atoms with Gasteiger partial charge in [0, 0.05) is 10.6 Å². The molecule has 3 nitrogen and oxygen atoms in total. The Morgan fingerprint density at radius 2 is 2.00 bits per heavy atom. The molecule has 0 heterocycles. The zero-order valence-electron chi connectivity index (χ0n) is 7.77. The average molecular weight is 175 g/mol. The maximum absolute atomic E-state index is 8.19. The van der Waals surface area contributed by atoms with Crippen molar-refractivity contribution in [2.24, 2.45) is 5.11 Å². The van der Waals surface area contributed by atoms with Crippen LogP contribution in [-0.4, -0.2) is 0 Å². The van der Waals surface area contributed by atoms with E-state index in [-0.39, 0.29) is 0 Å². The molecule has 1 rings (SSSR count). The van der Waals surface area contributed by atoms with Crippen LogP contribution >= 0.6 is 0 Å². The fraction of sp³-hybridized carbons (Fsp3) is 0.400. The quantitative estimate of drug-likeness (QED) is 0.377. The third kappa shape index (κ3) is 3.18. The molecule has 0 aliphatic heterocycles. The number of rotatable bonds is 4. The van der Waals surface area contributed by atoms with Crippen LogP contribution in [0.25, 0.3) is 10.4 Å². The minimum atomic E-state index is 0.683. The Kier molecular flexibility index (Phi) is 3.86. The van der Waals surface area contributed by atoms with Crippen LogP contribution in [0.5, 0.6) is 0 Å². The summed E-state index contributed by atoms with van der Waals surface area (Å²) in [6.07, 6.45) is 3.52. The van der Waals surface area contributed by atoms with Gasteiger partial charge >= 0.3 is 0 Å². The third-order valence-corrected chi connectivity index (χ3v) is 1.92. The summed E-state index contributed by atoms with van der Waals surface area (Å²) in [5, 5.41) is 3.51. The molecule has 0 unspecified atom stereocenters. The topological polar surface area (TPSA) is 48.8 Å². The molecule has 0 amide bonds. The normalized spacial score (nSPS) is 9.31. The molecule has 0 N–H and O–H groups in total. The van der Waals surface area contributed by atoms with E-state index in [0.29, 0.717) is 5.69 Å². The van der Waals surface area contributed by atoms with Gasteiger partial charge in [-0.15, -0.1) is 0 Å². The van der Waals surface area contributed by atoms with E-state index in [9.17, 15) is 0 Å². The first kappa shape index (κ1) is 9.62. The van der Waals surface area contributed by atoms with Gasteiger partial charge in [-0.1, -0.05) is 42.7 Å². The highest BCUT2D eigenvalue weighted by Gasteiger charge is 1.91. The van der Waals surface area contributed by atoms with Crippen LogP contribution in [0.3, 0.4) is 0 Å². The second-order valence-corrected chi connectivity index (χ2v) is 2.96. The second kappa shape index (κ2) is 5.22. The molecular formula is C10H13N3. The van der Waals surface area contributed by atoms with Crippen LogP contribution in [0.15, 0.2) is 29.4 Å². The van der Waals surface area contributed by atoms with E-state index in [4.69, 9.17) is 5.53 Å². The van der Waals surface area contributed by atoms with Crippen LogP contribution in [0.1, 0.15) is 25.3 Å². The van der Waals surface area contributed by atoms with Crippen molar-refractivity contribution in [3.05, 3.63) is 40.3 Å². The maximum Gasteiger partial charge on any atom is 0.0375 e. The predicted molar refractivity (Wildman–Crippen MR) is 53.9 cm³/mol. The number of hydrogen-bond acceptors (Lipinski definition) is 1. The van der Waals surface area contributed by atoms with Gasteiger partial charge in [0.1, 0.15) is 0 Å². The van der Waals surface area contributed by atoms with E-state index >= 15 is 0 Å². The molecule has 0 fully saturated rings. The van der Waals surface area contributed by atoms with Gasteiger partial charge in [-0.2, -0.15) is 0 Å². The van der Waals surface area contributed by atoms with Crippen molar-refractivity contribution in [3.63, 3.8) is 0 Å². The van der Waals surface area contributed by atoms with Gasteiger partial charge in [-0.25, -0.2) is 0 Å². The number of nitrogens with zero attached hydrogens (tertiary/aromatic N) is 3. The lowest BCUT2D eigenvalue weighted by atomic mass is 10.1. The zero-order valence-corrected chi connectivity index (χ0v) is 7.77. The van der Waals surface area contributed by atoms with Crippen molar-refractivity contribution in [1.29, 1.82) is 0 Å². The number of aryl methyl sites for hydroxylation is 1. The number of benzene rings is 1. The first-order chi connectivity index (χ1) is 6.36. The summed E-state index contributed by atoms with van der Waals surface area (Å²) in [6.45, 7) is 2.17. The van der Waals surface area contributed by atoms with E-state index in [2.05, 4.69) is 16.9 Å². The van der Waals surface area contributed by atoms with E-state index in [1.54, 1.807) is 0 Å². The van der Waals surface area contributed by atoms with Crippen LogP contribution in [0.2, 0.25) is 0 Å². The standard InChI is InChI=1S/C10H13N3/c1-2-3-4-9-5-7-10(8-6-9)12-13-11/h5-8H,2-4H2,1H3. The highest BCUT2D eigenvalue weighted by atomic mass is 15.1. The Bertz CT molecular complexity index is 296. The Hall–Kier alpha value is -1.47. The van der Waals surface area contributed by atoms with Gasteiger partial charge in [-0.3, -0.25) is 0 Å². The Labute approximate surface area is 78.0 Å². The second-order valence-electron chi connectivity index (χ2n) is 2.96. The van der Waals surface area contributed by atoms with Crippen LogP contribution < -0.4 is 0 Å². The molecule has 3 heteroatoms. The first-order valence-corrected chi connectivity index (χ1v) is 4.51. The van der Waals surface area contributed by atoms with Crippen molar-refractivity contribution in [3.8, 4) is 0 Å². The Morgan fingerprint density at radius 1 is 1.31 bits per heavy atom. The number of azide groups is 1. The summed E-state index contributed by atoms with van der Waals surface area (Å²) in [6, 6.07) is 7.73. The molecule has 0 saturated carbocycles. The van der Waals surface area contributed by atoms with Crippen molar-refractivity contribution < 1.29 is 0 Å². The highest BCUT2D eigenvalue weighted by molar-refractivity contribution is 5.38. The molecule has 0 radical (unpaired) electrons. The fourth-order valence-electron chi connectivity index (χ4n) is 1.16. The maximum atomic E-state index is 8.19. The van der Waals surface area contributed by atoms with Crippen LogP contribution in [0, 0.1) is 0 Å². The minimum absolute atomic E-state index is 0.683. The Morgan fingerprint density at radius 3 is 2.54 bits per heavy atom. The van der Waals surface area contributed by atoms with E-state index < -0.39 is 0 Å².